The van der Waals surface area contributed by atoms with Crippen LogP contribution in [0.15, 0.2) is 48.9 Å². The van der Waals surface area contributed by atoms with Gasteiger partial charge in [0.25, 0.3) is 0 Å². The molecule has 2 aliphatic rings. The van der Waals surface area contributed by atoms with E-state index in [-0.39, 0.29) is 11.8 Å². The molecule has 1 aliphatic heterocycles. The van der Waals surface area contributed by atoms with Gasteiger partial charge < -0.3 is 14.8 Å². The highest BCUT2D eigenvalue weighted by atomic mass is 16.5. The summed E-state index contributed by atoms with van der Waals surface area (Å²) in [7, 11) is 3.42. The summed E-state index contributed by atoms with van der Waals surface area (Å²) in [5, 5.41) is 7.63. The van der Waals surface area contributed by atoms with Crippen molar-refractivity contribution >= 4 is 22.8 Å². The molecule has 166 valence electrons. The molecular weight excluding hydrogens is 420 g/mol. The lowest BCUT2D eigenvalue weighted by Crippen LogP contribution is -2.27. The predicted molar refractivity (Wildman–Crippen MR) is 122 cm³/mol. The minimum Gasteiger partial charge on any atom is -0.493 e. The number of amides is 1. The summed E-state index contributed by atoms with van der Waals surface area (Å²) in [6, 6.07) is 11.7. The van der Waals surface area contributed by atoms with E-state index < -0.39 is 5.41 Å². The molecule has 2 atom stereocenters. The van der Waals surface area contributed by atoms with Crippen molar-refractivity contribution in [1.82, 2.24) is 24.7 Å². The number of carbonyl (C=O) groups is 1. The normalized spacial score (nSPS) is 21.1. The van der Waals surface area contributed by atoms with Gasteiger partial charge in [-0.1, -0.05) is 30.3 Å². The van der Waals surface area contributed by atoms with Crippen LogP contribution in [0.5, 0.6) is 5.75 Å². The fourth-order valence-corrected chi connectivity index (χ4v) is 4.62. The Morgan fingerprint density at radius 3 is 2.82 bits per heavy atom. The molecule has 2 unspecified atom stereocenters. The quantitative estimate of drug-likeness (QED) is 0.506. The molecule has 1 saturated carbocycles. The second-order valence-electron chi connectivity index (χ2n) is 8.59. The van der Waals surface area contributed by atoms with E-state index in [0.29, 0.717) is 41.5 Å². The number of aryl methyl sites for hydroxylation is 1. The molecule has 9 nitrogen and oxygen atoms in total. The van der Waals surface area contributed by atoms with Crippen molar-refractivity contribution < 1.29 is 14.3 Å². The lowest BCUT2D eigenvalue weighted by Gasteiger charge is -2.15. The van der Waals surface area contributed by atoms with Gasteiger partial charge in [0.2, 0.25) is 5.91 Å². The van der Waals surface area contributed by atoms with Gasteiger partial charge in [-0.05, 0) is 6.42 Å². The molecule has 4 aromatic rings. The zero-order valence-corrected chi connectivity index (χ0v) is 18.3. The van der Waals surface area contributed by atoms with Gasteiger partial charge in [0.05, 0.1) is 31.3 Å². The lowest BCUT2D eigenvalue weighted by molar-refractivity contribution is -0.121. The van der Waals surface area contributed by atoms with E-state index in [0.717, 1.165) is 23.2 Å². The van der Waals surface area contributed by atoms with E-state index >= 15 is 0 Å². The fourth-order valence-electron chi connectivity index (χ4n) is 4.62. The van der Waals surface area contributed by atoms with Crippen molar-refractivity contribution in [3.8, 4) is 28.3 Å². The summed E-state index contributed by atoms with van der Waals surface area (Å²) in [5.41, 5.74) is 3.97. The van der Waals surface area contributed by atoms with Crippen LogP contribution in [0, 0.1) is 11.3 Å². The molecule has 1 saturated heterocycles. The van der Waals surface area contributed by atoms with Crippen molar-refractivity contribution in [2.24, 2.45) is 18.4 Å². The van der Waals surface area contributed by atoms with Crippen molar-refractivity contribution in [2.45, 2.75) is 6.42 Å². The molecule has 3 aromatic heterocycles. The Labute approximate surface area is 189 Å². The Kier molecular flexibility index (Phi) is 4.41. The number of pyridine rings is 1. The van der Waals surface area contributed by atoms with Crippen LogP contribution in [0.2, 0.25) is 0 Å². The molecule has 1 aromatic carbocycles. The summed E-state index contributed by atoms with van der Waals surface area (Å²) in [5.74, 6) is 0.997. The molecule has 2 fully saturated rings. The minimum atomic E-state index is -0.443. The van der Waals surface area contributed by atoms with Gasteiger partial charge >= 0.3 is 0 Å². The zero-order chi connectivity index (χ0) is 22.6. The number of ether oxygens (including phenoxy) is 2. The summed E-state index contributed by atoms with van der Waals surface area (Å²) < 4.78 is 12.8. The van der Waals surface area contributed by atoms with Gasteiger partial charge in [-0.3, -0.25) is 9.48 Å². The fraction of sp³-hybridized carbons (Fsp3) is 0.292. The Hall–Kier alpha value is -3.85. The van der Waals surface area contributed by atoms with Crippen LogP contribution in [-0.4, -0.2) is 51.0 Å². The van der Waals surface area contributed by atoms with E-state index in [2.05, 4.69) is 20.4 Å². The summed E-state index contributed by atoms with van der Waals surface area (Å²) >= 11 is 0. The number of benzene rings is 1. The molecule has 1 N–H and O–H groups in total. The SMILES string of the molecule is COc1cc2ncnc(-c3cn(C)nc3-c3ccccc3)c2nc1NC(=O)C12COCC1C2. The Morgan fingerprint density at radius 2 is 2.09 bits per heavy atom. The lowest BCUT2D eigenvalue weighted by atomic mass is 10.0. The standard InChI is InChI=1S/C24H22N6O3/c1-30-10-16(19(29-30)14-6-4-3-5-7-14)20-21-17(25-13-26-20)8-18(32-2)22(27-21)28-23(31)24-9-15(24)11-33-12-24/h3-8,10,13,15H,9,11-12H2,1-2H3,(H,27,28,31). The third-order valence-electron chi connectivity index (χ3n) is 6.52. The molecule has 4 heterocycles. The van der Waals surface area contributed by atoms with Crippen molar-refractivity contribution in [2.75, 3.05) is 25.6 Å². The maximum atomic E-state index is 13.0. The number of anilines is 1. The average Bonchev–Trinajstić information content (AvgIpc) is 3.18. The minimum absolute atomic E-state index is 0.0834. The smallest absolute Gasteiger partial charge is 0.234 e. The van der Waals surface area contributed by atoms with E-state index in [1.54, 1.807) is 17.9 Å². The Morgan fingerprint density at radius 1 is 1.24 bits per heavy atom. The second-order valence-corrected chi connectivity index (χ2v) is 8.59. The number of aromatic nitrogens is 5. The van der Waals surface area contributed by atoms with E-state index in [1.807, 2.05) is 43.6 Å². The molecule has 0 spiro atoms. The number of carbonyl (C=O) groups excluding carboxylic acids is 1. The summed E-state index contributed by atoms with van der Waals surface area (Å²) in [4.78, 5) is 26.8. The highest BCUT2D eigenvalue weighted by Gasteiger charge is 2.63. The molecule has 6 rings (SSSR count). The van der Waals surface area contributed by atoms with Crippen LogP contribution in [0.4, 0.5) is 5.82 Å². The second kappa shape index (κ2) is 7.35. The van der Waals surface area contributed by atoms with Gasteiger partial charge in [0.15, 0.2) is 11.6 Å². The number of hydrogen-bond donors (Lipinski definition) is 1. The van der Waals surface area contributed by atoms with Gasteiger partial charge in [-0.15, -0.1) is 0 Å². The average molecular weight is 442 g/mol. The third-order valence-corrected chi connectivity index (χ3v) is 6.52. The van der Waals surface area contributed by atoms with E-state index in [4.69, 9.17) is 14.5 Å². The van der Waals surface area contributed by atoms with E-state index in [9.17, 15) is 4.79 Å². The van der Waals surface area contributed by atoms with Gasteiger partial charge in [0.1, 0.15) is 23.2 Å². The van der Waals surface area contributed by atoms with Crippen molar-refractivity contribution in [3.05, 3.63) is 48.9 Å². The van der Waals surface area contributed by atoms with E-state index in [1.165, 1.54) is 6.33 Å². The first kappa shape index (κ1) is 19.8. The van der Waals surface area contributed by atoms with Gasteiger partial charge in [-0.25, -0.2) is 15.0 Å². The van der Waals surface area contributed by atoms with Gasteiger partial charge in [-0.2, -0.15) is 5.10 Å². The van der Waals surface area contributed by atoms with Gasteiger partial charge in [0, 0.05) is 36.4 Å². The molecule has 1 aliphatic carbocycles. The first-order valence-corrected chi connectivity index (χ1v) is 10.8. The molecule has 0 bridgehead atoms. The number of methoxy groups -OCH3 is 1. The first-order chi connectivity index (χ1) is 16.1. The highest BCUT2D eigenvalue weighted by molar-refractivity contribution is 6.01. The monoisotopic (exact) mass is 442 g/mol. The maximum absolute atomic E-state index is 13.0. The third kappa shape index (κ3) is 3.15. The summed E-state index contributed by atoms with van der Waals surface area (Å²) in [6.07, 6.45) is 4.26. The molecular formula is C24H22N6O3. The molecule has 9 heteroatoms. The number of nitrogens with one attached hydrogen (secondary N) is 1. The van der Waals surface area contributed by atoms with Crippen LogP contribution < -0.4 is 10.1 Å². The number of nitrogens with zero attached hydrogens (tertiary/aromatic N) is 5. The van der Waals surface area contributed by atoms with Crippen LogP contribution in [-0.2, 0) is 16.6 Å². The molecule has 0 radical (unpaired) electrons. The van der Waals surface area contributed by atoms with Crippen molar-refractivity contribution in [1.29, 1.82) is 0 Å². The molecule has 1 amide bonds. The topological polar surface area (TPSA) is 104 Å². The molecule has 33 heavy (non-hydrogen) atoms. The van der Waals surface area contributed by atoms with Crippen LogP contribution in [0.3, 0.4) is 0 Å². The predicted octanol–water partition coefficient (Wildman–Crippen LogP) is 3.08. The summed E-state index contributed by atoms with van der Waals surface area (Å²) in [6.45, 7) is 1.08. The van der Waals surface area contributed by atoms with Crippen LogP contribution in [0.25, 0.3) is 33.5 Å². The number of rotatable bonds is 5. The zero-order valence-electron chi connectivity index (χ0n) is 18.3. The first-order valence-electron chi connectivity index (χ1n) is 10.8. The highest BCUT2D eigenvalue weighted by Crippen LogP contribution is 2.57. The Balaban J connectivity index is 1.47. The Bertz CT molecular complexity index is 1390. The van der Waals surface area contributed by atoms with Crippen molar-refractivity contribution in [3.63, 3.8) is 0 Å². The van der Waals surface area contributed by atoms with Crippen LogP contribution in [0.1, 0.15) is 6.42 Å². The maximum Gasteiger partial charge on any atom is 0.234 e. The largest absolute Gasteiger partial charge is 0.493 e. The number of fused-ring (bicyclic) bond motifs is 2. The number of hydrogen-bond acceptors (Lipinski definition) is 7. The van der Waals surface area contributed by atoms with Crippen LogP contribution >= 0.6 is 0 Å².